The zero-order valence-electron chi connectivity index (χ0n) is 22.0. The summed E-state index contributed by atoms with van der Waals surface area (Å²) in [4.78, 5) is 18.8. The molecule has 10 heteroatoms. The molecule has 1 saturated carbocycles. The zero-order valence-corrected chi connectivity index (χ0v) is 22.0. The second-order valence-corrected chi connectivity index (χ2v) is 9.82. The van der Waals surface area contributed by atoms with Gasteiger partial charge in [0.25, 0.3) is 5.56 Å². The highest BCUT2D eigenvalue weighted by molar-refractivity contribution is 5.83. The number of nitrogens with zero attached hydrogens (tertiary/aromatic N) is 5. The van der Waals surface area contributed by atoms with Crippen LogP contribution in [0.4, 0.5) is 0 Å². The van der Waals surface area contributed by atoms with E-state index in [2.05, 4.69) is 39.3 Å². The Kier molecular flexibility index (Phi) is 8.58. The maximum absolute atomic E-state index is 13.3. The summed E-state index contributed by atoms with van der Waals surface area (Å²) in [5.74, 6) is 2.27. The van der Waals surface area contributed by atoms with Gasteiger partial charge in [0.2, 0.25) is 0 Å². The Morgan fingerprint density at radius 3 is 2.47 bits per heavy atom. The number of rotatable bonds is 11. The molecule has 1 aromatic carbocycles. The van der Waals surface area contributed by atoms with Crippen LogP contribution in [0.1, 0.15) is 63.4 Å². The first-order valence-electron chi connectivity index (χ1n) is 12.8. The molecule has 2 heterocycles. The maximum atomic E-state index is 13.3. The standard InChI is InChI=1S/C26H38N6O4/c1-17(2)24(25-28-29-30-32(25)11-12-34-3)31(20-9-7-6-8-10-20)16-19-13-18-14-22(35-4)23(36-5)15-21(18)27-26(19)33/h13-15,17,20,24H,6-12,16H2,1-5H3,(H,27,33). The average Bonchev–Trinajstić information content (AvgIpc) is 3.34. The van der Waals surface area contributed by atoms with E-state index >= 15 is 0 Å². The highest BCUT2D eigenvalue weighted by Crippen LogP contribution is 2.36. The van der Waals surface area contributed by atoms with E-state index in [0.29, 0.717) is 42.8 Å². The highest BCUT2D eigenvalue weighted by Gasteiger charge is 2.34. The molecule has 0 saturated heterocycles. The van der Waals surface area contributed by atoms with E-state index in [1.54, 1.807) is 27.4 Å². The number of hydrogen-bond acceptors (Lipinski definition) is 8. The third kappa shape index (κ3) is 5.54. The number of pyridine rings is 1. The van der Waals surface area contributed by atoms with Crippen molar-refractivity contribution >= 4 is 10.9 Å². The van der Waals surface area contributed by atoms with E-state index < -0.39 is 0 Å². The summed E-state index contributed by atoms with van der Waals surface area (Å²) >= 11 is 0. The van der Waals surface area contributed by atoms with Crippen LogP contribution in [-0.2, 0) is 17.8 Å². The summed E-state index contributed by atoms with van der Waals surface area (Å²) in [5.41, 5.74) is 1.33. The number of aromatic nitrogens is 5. The molecule has 0 spiro atoms. The summed E-state index contributed by atoms with van der Waals surface area (Å²) in [6, 6.07) is 5.99. The Morgan fingerprint density at radius 1 is 1.08 bits per heavy atom. The Labute approximate surface area is 211 Å². The molecule has 1 aliphatic rings. The fourth-order valence-corrected chi connectivity index (χ4v) is 5.35. The molecule has 3 aromatic rings. The monoisotopic (exact) mass is 498 g/mol. The highest BCUT2D eigenvalue weighted by atomic mass is 16.5. The smallest absolute Gasteiger partial charge is 0.252 e. The molecule has 36 heavy (non-hydrogen) atoms. The van der Waals surface area contributed by atoms with E-state index in [9.17, 15) is 4.79 Å². The summed E-state index contributed by atoms with van der Waals surface area (Å²) < 4.78 is 18.0. The van der Waals surface area contributed by atoms with E-state index in [-0.39, 0.29) is 17.5 Å². The van der Waals surface area contributed by atoms with E-state index in [1.807, 2.05) is 16.8 Å². The first-order valence-corrected chi connectivity index (χ1v) is 12.8. The van der Waals surface area contributed by atoms with Crippen molar-refractivity contribution in [3.8, 4) is 11.5 Å². The van der Waals surface area contributed by atoms with Crippen molar-refractivity contribution in [2.75, 3.05) is 27.9 Å². The molecule has 1 aliphatic carbocycles. The molecular weight excluding hydrogens is 460 g/mol. The van der Waals surface area contributed by atoms with Crippen molar-refractivity contribution in [1.82, 2.24) is 30.1 Å². The summed E-state index contributed by atoms with van der Waals surface area (Å²) in [6.07, 6.45) is 5.82. The fourth-order valence-electron chi connectivity index (χ4n) is 5.35. The van der Waals surface area contributed by atoms with Crippen LogP contribution in [-0.4, -0.2) is 64.1 Å². The number of nitrogens with one attached hydrogen (secondary N) is 1. The van der Waals surface area contributed by atoms with Crippen molar-refractivity contribution in [3.05, 3.63) is 39.9 Å². The maximum Gasteiger partial charge on any atom is 0.252 e. The number of tetrazole rings is 1. The molecule has 0 radical (unpaired) electrons. The third-order valence-electron chi connectivity index (χ3n) is 7.14. The van der Waals surface area contributed by atoms with Crippen LogP contribution < -0.4 is 15.0 Å². The molecule has 1 N–H and O–H groups in total. The molecule has 10 nitrogen and oxygen atoms in total. The fraction of sp³-hybridized carbons (Fsp3) is 0.615. The number of fused-ring (bicyclic) bond motifs is 1. The normalized spacial score (nSPS) is 15.6. The average molecular weight is 499 g/mol. The Morgan fingerprint density at radius 2 is 1.81 bits per heavy atom. The Hall–Kier alpha value is -2.98. The largest absolute Gasteiger partial charge is 0.493 e. The lowest BCUT2D eigenvalue weighted by Gasteiger charge is -2.41. The van der Waals surface area contributed by atoms with Crippen molar-refractivity contribution < 1.29 is 14.2 Å². The number of methoxy groups -OCH3 is 3. The van der Waals surface area contributed by atoms with Gasteiger partial charge in [0.05, 0.1) is 38.9 Å². The molecular formula is C26H38N6O4. The van der Waals surface area contributed by atoms with Crippen molar-refractivity contribution in [2.24, 2.45) is 5.92 Å². The first-order chi connectivity index (χ1) is 17.5. The van der Waals surface area contributed by atoms with E-state index in [0.717, 1.165) is 29.6 Å². The lowest BCUT2D eigenvalue weighted by molar-refractivity contribution is 0.0597. The van der Waals surface area contributed by atoms with Crippen LogP contribution in [0.3, 0.4) is 0 Å². The van der Waals surface area contributed by atoms with Crippen LogP contribution in [0.15, 0.2) is 23.0 Å². The van der Waals surface area contributed by atoms with Gasteiger partial charge in [0, 0.05) is 36.7 Å². The second kappa shape index (κ2) is 11.8. The number of ether oxygens (including phenoxy) is 3. The van der Waals surface area contributed by atoms with Gasteiger partial charge in [-0.05, 0) is 41.3 Å². The van der Waals surface area contributed by atoms with E-state index in [1.165, 1.54) is 19.3 Å². The van der Waals surface area contributed by atoms with Gasteiger partial charge in [0.15, 0.2) is 17.3 Å². The Bertz CT molecular complexity index is 1200. The molecule has 2 aromatic heterocycles. The van der Waals surface area contributed by atoms with Gasteiger partial charge < -0.3 is 19.2 Å². The Balaban J connectivity index is 1.76. The minimum Gasteiger partial charge on any atom is -0.493 e. The SMILES string of the molecule is COCCn1nnnc1C(C(C)C)N(Cc1cc2cc(OC)c(OC)cc2[nH]c1=O)C1CCCCC1. The van der Waals surface area contributed by atoms with Crippen molar-refractivity contribution in [3.63, 3.8) is 0 Å². The summed E-state index contributed by atoms with van der Waals surface area (Å²) in [6.45, 7) is 6.00. The van der Waals surface area contributed by atoms with Gasteiger partial charge >= 0.3 is 0 Å². The van der Waals surface area contributed by atoms with Gasteiger partial charge in [-0.15, -0.1) is 5.10 Å². The predicted molar refractivity (Wildman–Crippen MR) is 137 cm³/mol. The molecule has 1 unspecified atom stereocenters. The van der Waals surface area contributed by atoms with Gasteiger partial charge in [0.1, 0.15) is 0 Å². The minimum atomic E-state index is -0.1000. The summed E-state index contributed by atoms with van der Waals surface area (Å²) in [5, 5.41) is 13.6. The van der Waals surface area contributed by atoms with Gasteiger partial charge in [-0.3, -0.25) is 9.69 Å². The second-order valence-electron chi connectivity index (χ2n) is 9.82. The molecule has 1 fully saturated rings. The predicted octanol–water partition coefficient (Wildman–Crippen LogP) is 3.71. The number of benzene rings is 1. The molecule has 0 amide bonds. The quantitative estimate of drug-likeness (QED) is 0.426. The molecule has 0 bridgehead atoms. The van der Waals surface area contributed by atoms with Gasteiger partial charge in [-0.25, -0.2) is 4.68 Å². The van der Waals surface area contributed by atoms with Crippen molar-refractivity contribution in [1.29, 1.82) is 0 Å². The number of hydrogen-bond donors (Lipinski definition) is 1. The van der Waals surface area contributed by atoms with Crippen LogP contribution in [0.25, 0.3) is 10.9 Å². The number of H-pyrrole nitrogens is 1. The van der Waals surface area contributed by atoms with Gasteiger partial charge in [-0.1, -0.05) is 33.1 Å². The van der Waals surface area contributed by atoms with Crippen molar-refractivity contribution in [2.45, 2.75) is 71.1 Å². The lowest BCUT2D eigenvalue weighted by atomic mass is 9.90. The topological polar surface area (TPSA) is 107 Å². The molecule has 196 valence electrons. The number of aromatic amines is 1. The molecule has 4 rings (SSSR count). The lowest BCUT2D eigenvalue weighted by Crippen LogP contribution is -2.43. The van der Waals surface area contributed by atoms with Crippen LogP contribution in [0, 0.1) is 5.92 Å². The van der Waals surface area contributed by atoms with E-state index in [4.69, 9.17) is 14.2 Å². The molecule has 1 atom stereocenters. The zero-order chi connectivity index (χ0) is 25.7. The minimum absolute atomic E-state index is 0.0412. The first kappa shape index (κ1) is 26.1. The van der Waals surface area contributed by atoms with Crippen LogP contribution in [0.2, 0.25) is 0 Å². The third-order valence-corrected chi connectivity index (χ3v) is 7.14. The van der Waals surface area contributed by atoms with Crippen LogP contribution in [0.5, 0.6) is 11.5 Å². The summed E-state index contributed by atoms with van der Waals surface area (Å²) in [7, 11) is 4.88. The van der Waals surface area contributed by atoms with Crippen LogP contribution >= 0.6 is 0 Å². The molecule has 0 aliphatic heterocycles. The van der Waals surface area contributed by atoms with Gasteiger partial charge in [-0.2, -0.15) is 0 Å².